The highest BCUT2D eigenvalue weighted by Crippen LogP contribution is 2.31. The van der Waals surface area contributed by atoms with E-state index in [1.54, 1.807) is 36.6 Å². The monoisotopic (exact) mass is 402 g/mol. The third-order valence-corrected chi connectivity index (χ3v) is 4.37. The number of hydrogen-bond donors (Lipinski definition) is 0. The number of aryl methyl sites for hydroxylation is 1. The van der Waals surface area contributed by atoms with Gasteiger partial charge in [0.05, 0.1) is 5.56 Å². The molecule has 0 aliphatic heterocycles. The number of halogens is 3. The summed E-state index contributed by atoms with van der Waals surface area (Å²) in [4.78, 5) is 28.3. The van der Waals surface area contributed by atoms with Crippen molar-refractivity contribution in [3.05, 3.63) is 82.9 Å². The Morgan fingerprint density at radius 3 is 2.48 bits per heavy atom. The Labute approximate surface area is 164 Å². The fourth-order valence-corrected chi connectivity index (χ4v) is 3.03. The molecule has 8 heteroatoms. The normalized spacial score (nSPS) is 11.3. The second-order valence-electron chi connectivity index (χ2n) is 6.38. The molecule has 29 heavy (non-hydrogen) atoms. The molecule has 0 amide bonds. The molecule has 0 atom stereocenters. The van der Waals surface area contributed by atoms with E-state index in [-0.39, 0.29) is 11.3 Å². The zero-order chi connectivity index (χ0) is 21.2. The molecule has 0 aliphatic carbocycles. The van der Waals surface area contributed by atoms with E-state index in [1.165, 1.54) is 24.4 Å². The fraction of sp³-hybridized carbons (Fsp3) is 0.190. The number of benzene rings is 1. The maximum absolute atomic E-state index is 13.0. The van der Waals surface area contributed by atoms with Crippen molar-refractivity contribution in [1.29, 1.82) is 0 Å². The minimum Gasteiger partial charge on any atom is -0.453 e. The Balaban J connectivity index is 1.82. The highest BCUT2D eigenvalue weighted by molar-refractivity contribution is 6.00. The number of ketones is 1. The molecule has 3 rings (SSSR count). The van der Waals surface area contributed by atoms with Crippen LogP contribution >= 0.6 is 0 Å². The van der Waals surface area contributed by atoms with E-state index in [0.717, 1.165) is 12.1 Å². The molecule has 5 nitrogen and oxygen atoms in total. The number of rotatable bonds is 5. The van der Waals surface area contributed by atoms with E-state index in [1.807, 2.05) is 0 Å². The third kappa shape index (κ3) is 4.37. The molecule has 0 unspecified atom stereocenters. The lowest BCUT2D eigenvalue weighted by Gasteiger charge is -2.13. The molecular formula is C21H17F3N2O3. The van der Waals surface area contributed by atoms with E-state index in [0.29, 0.717) is 17.1 Å². The van der Waals surface area contributed by atoms with Gasteiger partial charge in [-0.2, -0.15) is 13.2 Å². The summed E-state index contributed by atoms with van der Waals surface area (Å²) in [6.07, 6.45) is -3.04. The van der Waals surface area contributed by atoms with Gasteiger partial charge in [-0.3, -0.25) is 4.79 Å². The van der Waals surface area contributed by atoms with Gasteiger partial charge >= 0.3 is 12.1 Å². The van der Waals surface area contributed by atoms with Crippen LogP contribution in [0, 0.1) is 13.8 Å². The van der Waals surface area contributed by atoms with Crippen LogP contribution in [0.1, 0.15) is 37.8 Å². The minimum atomic E-state index is -4.47. The fourth-order valence-electron chi connectivity index (χ4n) is 3.03. The summed E-state index contributed by atoms with van der Waals surface area (Å²) < 4.78 is 45.6. The lowest BCUT2D eigenvalue weighted by atomic mass is 10.1. The van der Waals surface area contributed by atoms with Crippen molar-refractivity contribution in [1.82, 2.24) is 9.55 Å². The first kappa shape index (κ1) is 20.3. The molecule has 1 aromatic carbocycles. The standard InChI is InChI=1S/C21H17F3N2O3/c1-13-10-17(19(27)12-29-20(28)18-8-3-4-9-25-18)14(2)26(13)16-7-5-6-15(11-16)21(22,23)24/h3-11H,12H2,1-2H3. The van der Waals surface area contributed by atoms with Gasteiger partial charge in [0.25, 0.3) is 0 Å². The quantitative estimate of drug-likeness (QED) is 0.464. The van der Waals surface area contributed by atoms with Crippen LogP contribution in [-0.2, 0) is 10.9 Å². The first-order chi connectivity index (χ1) is 13.7. The number of ether oxygens (including phenoxy) is 1. The molecule has 0 bridgehead atoms. The second-order valence-corrected chi connectivity index (χ2v) is 6.38. The third-order valence-electron chi connectivity index (χ3n) is 4.37. The van der Waals surface area contributed by atoms with Crippen molar-refractivity contribution in [2.45, 2.75) is 20.0 Å². The van der Waals surface area contributed by atoms with Gasteiger partial charge in [-0.05, 0) is 50.2 Å². The number of alkyl halides is 3. The smallest absolute Gasteiger partial charge is 0.416 e. The van der Waals surface area contributed by atoms with Crippen LogP contribution in [0.25, 0.3) is 5.69 Å². The molecule has 0 saturated carbocycles. The molecular weight excluding hydrogens is 385 g/mol. The molecule has 0 fully saturated rings. The highest BCUT2D eigenvalue weighted by Gasteiger charge is 2.31. The molecule has 2 aromatic heterocycles. The lowest BCUT2D eigenvalue weighted by molar-refractivity contribution is -0.137. The van der Waals surface area contributed by atoms with Crippen LogP contribution in [0.5, 0.6) is 0 Å². The summed E-state index contributed by atoms with van der Waals surface area (Å²) in [6.45, 7) is 2.81. The predicted octanol–water partition coefficient (Wildman–Crippen LogP) is 4.55. The van der Waals surface area contributed by atoms with E-state index in [2.05, 4.69) is 4.98 Å². The van der Waals surface area contributed by atoms with E-state index in [9.17, 15) is 22.8 Å². The van der Waals surface area contributed by atoms with Crippen molar-refractivity contribution in [2.75, 3.05) is 6.61 Å². The number of pyridine rings is 1. The van der Waals surface area contributed by atoms with Crippen molar-refractivity contribution in [2.24, 2.45) is 0 Å². The van der Waals surface area contributed by atoms with Crippen LogP contribution in [0.15, 0.2) is 54.7 Å². The summed E-state index contributed by atoms with van der Waals surface area (Å²) in [5.74, 6) is -1.19. The largest absolute Gasteiger partial charge is 0.453 e. The van der Waals surface area contributed by atoms with Crippen molar-refractivity contribution >= 4 is 11.8 Å². The number of esters is 1. The van der Waals surface area contributed by atoms with Crippen LogP contribution in [-0.4, -0.2) is 27.9 Å². The Morgan fingerprint density at radius 1 is 1.07 bits per heavy atom. The first-order valence-electron chi connectivity index (χ1n) is 8.66. The van der Waals surface area contributed by atoms with Gasteiger partial charge in [0.2, 0.25) is 5.78 Å². The Morgan fingerprint density at radius 2 is 1.83 bits per heavy atom. The summed E-state index contributed by atoms with van der Waals surface area (Å²) >= 11 is 0. The maximum Gasteiger partial charge on any atom is 0.416 e. The molecule has 0 aliphatic rings. The maximum atomic E-state index is 13.0. The summed E-state index contributed by atoms with van der Waals surface area (Å²) in [6, 6.07) is 11.1. The van der Waals surface area contributed by atoms with Gasteiger partial charge < -0.3 is 9.30 Å². The predicted molar refractivity (Wildman–Crippen MR) is 99.1 cm³/mol. The molecule has 150 valence electrons. The molecule has 0 radical (unpaired) electrons. The Bertz CT molecular complexity index is 1060. The van der Waals surface area contributed by atoms with Crippen LogP contribution < -0.4 is 0 Å². The number of hydrogen-bond acceptors (Lipinski definition) is 4. The van der Waals surface area contributed by atoms with Crippen LogP contribution in [0.3, 0.4) is 0 Å². The van der Waals surface area contributed by atoms with Gasteiger partial charge in [0.1, 0.15) is 5.69 Å². The summed E-state index contributed by atoms with van der Waals surface area (Å²) in [7, 11) is 0. The minimum absolute atomic E-state index is 0.0785. The second kappa shape index (κ2) is 7.90. The Kier molecular flexibility index (Phi) is 5.54. The number of carbonyl (C=O) groups is 2. The number of carbonyl (C=O) groups excluding carboxylic acids is 2. The number of Topliss-reactive ketones (excluding diaryl/α,β-unsaturated/α-hetero) is 1. The van der Waals surface area contributed by atoms with Crippen LogP contribution in [0.4, 0.5) is 13.2 Å². The van der Waals surface area contributed by atoms with Gasteiger partial charge in [-0.1, -0.05) is 12.1 Å². The molecule has 0 N–H and O–H groups in total. The Hall–Kier alpha value is -3.42. The SMILES string of the molecule is Cc1cc(C(=O)COC(=O)c2ccccn2)c(C)n1-c1cccc(C(F)(F)F)c1. The number of aromatic nitrogens is 2. The average molecular weight is 402 g/mol. The van der Waals surface area contributed by atoms with E-state index < -0.39 is 30.1 Å². The zero-order valence-electron chi connectivity index (χ0n) is 15.7. The molecule has 2 heterocycles. The van der Waals surface area contributed by atoms with E-state index >= 15 is 0 Å². The van der Waals surface area contributed by atoms with Gasteiger partial charge in [0, 0.05) is 28.8 Å². The summed E-state index contributed by atoms with van der Waals surface area (Å²) in [5, 5.41) is 0. The average Bonchev–Trinajstić information content (AvgIpc) is 3.00. The van der Waals surface area contributed by atoms with Crippen molar-refractivity contribution in [3.63, 3.8) is 0 Å². The molecule has 3 aromatic rings. The lowest BCUT2D eigenvalue weighted by Crippen LogP contribution is -2.15. The van der Waals surface area contributed by atoms with Gasteiger partial charge in [0.15, 0.2) is 6.61 Å². The molecule has 0 saturated heterocycles. The van der Waals surface area contributed by atoms with Crippen molar-refractivity contribution < 1.29 is 27.5 Å². The molecule has 0 spiro atoms. The van der Waals surface area contributed by atoms with E-state index in [4.69, 9.17) is 4.74 Å². The summed E-state index contributed by atoms with van der Waals surface area (Å²) in [5.41, 5.74) is 0.907. The van der Waals surface area contributed by atoms with Gasteiger partial charge in [-0.15, -0.1) is 0 Å². The highest BCUT2D eigenvalue weighted by atomic mass is 19.4. The van der Waals surface area contributed by atoms with Crippen LogP contribution in [0.2, 0.25) is 0 Å². The number of nitrogens with zero attached hydrogens (tertiary/aromatic N) is 2. The topological polar surface area (TPSA) is 61.2 Å². The zero-order valence-corrected chi connectivity index (χ0v) is 15.7. The van der Waals surface area contributed by atoms with Gasteiger partial charge in [-0.25, -0.2) is 9.78 Å². The first-order valence-corrected chi connectivity index (χ1v) is 8.66. The van der Waals surface area contributed by atoms with Crippen molar-refractivity contribution in [3.8, 4) is 5.69 Å².